The molecule has 0 radical (unpaired) electrons. The zero-order valence-electron chi connectivity index (χ0n) is 19.5. The summed E-state index contributed by atoms with van der Waals surface area (Å²) in [6.07, 6.45) is 2.93. The van der Waals surface area contributed by atoms with Crippen molar-refractivity contribution >= 4 is 15.7 Å². The molecule has 33 heavy (non-hydrogen) atoms. The van der Waals surface area contributed by atoms with E-state index >= 15 is 0 Å². The van der Waals surface area contributed by atoms with E-state index in [1.165, 1.54) is 11.6 Å². The fourth-order valence-corrected chi connectivity index (χ4v) is 6.62. The first-order valence-electron chi connectivity index (χ1n) is 11.8. The Hall–Kier alpha value is -1.97. The second-order valence-electron chi connectivity index (χ2n) is 9.61. The van der Waals surface area contributed by atoms with Gasteiger partial charge in [-0.25, -0.2) is 13.1 Å². The molecule has 8 heteroatoms. The Bertz CT molecular complexity index is 1050. The van der Waals surface area contributed by atoms with Crippen LogP contribution in [-0.2, 0) is 10.0 Å². The lowest BCUT2D eigenvalue weighted by atomic mass is 9.78. The molecule has 0 aromatic heterocycles. The minimum atomic E-state index is -3.63. The molecule has 180 valence electrons. The molecule has 2 aliphatic rings. The lowest BCUT2D eigenvalue weighted by molar-refractivity contribution is -0.168. The quantitative estimate of drug-likeness (QED) is 0.482. The fraction of sp³-hybridized carbons (Fsp3) is 0.520. The van der Waals surface area contributed by atoms with Gasteiger partial charge in [0, 0.05) is 43.3 Å². The maximum Gasteiger partial charge on any atom is 0.240 e. The van der Waals surface area contributed by atoms with Gasteiger partial charge in [-0.15, -0.1) is 0 Å². The molecule has 0 amide bonds. The Kier molecular flexibility index (Phi) is 7.12. The van der Waals surface area contributed by atoms with E-state index in [0.29, 0.717) is 18.5 Å². The predicted octanol–water partition coefficient (Wildman–Crippen LogP) is 2.77. The number of piperazine rings is 1. The van der Waals surface area contributed by atoms with Gasteiger partial charge in [-0.1, -0.05) is 36.4 Å². The Balaban J connectivity index is 1.41. The molecule has 1 unspecified atom stereocenters. The maximum atomic E-state index is 12.9. The van der Waals surface area contributed by atoms with Crippen LogP contribution in [0.4, 0.5) is 5.69 Å². The first-order chi connectivity index (χ1) is 15.7. The van der Waals surface area contributed by atoms with E-state index in [4.69, 9.17) is 5.73 Å². The molecule has 2 aromatic carbocycles. The molecule has 2 fully saturated rings. The van der Waals surface area contributed by atoms with Crippen molar-refractivity contribution < 1.29 is 13.5 Å². The second kappa shape index (κ2) is 9.72. The van der Waals surface area contributed by atoms with Crippen LogP contribution in [0.1, 0.15) is 49.8 Å². The minimum absolute atomic E-state index is 0.0811. The number of anilines is 1. The number of nitrogens with two attached hydrogens (primary N) is 1. The molecule has 5 N–H and O–H groups in total. The highest BCUT2D eigenvalue weighted by molar-refractivity contribution is 7.89. The van der Waals surface area contributed by atoms with Gasteiger partial charge in [0.15, 0.2) is 0 Å². The van der Waals surface area contributed by atoms with E-state index in [1.54, 1.807) is 12.1 Å². The zero-order valence-corrected chi connectivity index (χ0v) is 20.3. The van der Waals surface area contributed by atoms with Gasteiger partial charge in [-0.3, -0.25) is 4.90 Å². The van der Waals surface area contributed by atoms with Crippen LogP contribution in [0.15, 0.2) is 53.4 Å². The molecule has 1 aliphatic heterocycles. The van der Waals surface area contributed by atoms with E-state index in [0.717, 1.165) is 38.0 Å². The number of benzene rings is 2. The summed E-state index contributed by atoms with van der Waals surface area (Å²) in [5.74, 6) is 0.0811. The summed E-state index contributed by atoms with van der Waals surface area (Å²) in [6, 6.07) is 15.1. The van der Waals surface area contributed by atoms with Crippen LogP contribution in [0.25, 0.3) is 0 Å². The van der Waals surface area contributed by atoms with Crippen molar-refractivity contribution in [3.63, 3.8) is 0 Å². The lowest BCUT2D eigenvalue weighted by Crippen LogP contribution is -2.60. The number of nitrogen functional groups attached to an aromatic ring is 1. The van der Waals surface area contributed by atoms with Crippen molar-refractivity contribution in [2.45, 2.75) is 62.2 Å². The number of sulfonamides is 1. The average Bonchev–Trinajstić information content (AvgIpc) is 2.81. The van der Waals surface area contributed by atoms with Crippen LogP contribution in [0.2, 0.25) is 0 Å². The Morgan fingerprint density at radius 1 is 1.12 bits per heavy atom. The molecule has 7 nitrogen and oxygen atoms in total. The molecule has 4 rings (SSSR count). The third-order valence-corrected chi connectivity index (χ3v) is 8.91. The Labute approximate surface area is 197 Å². The summed E-state index contributed by atoms with van der Waals surface area (Å²) < 4.78 is 28.6. The summed E-state index contributed by atoms with van der Waals surface area (Å²) in [5.41, 5.74) is 7.48. The number of nitrogens with one attached hydrogen (secondary N) is 2. The summed E-state index contributed by atoms with van der Waals surface area (Å²) in [5, 5.41) is 15.2. The number of aliphatic hydroxyl groups is 1. The summed E-state index contributed by atoms with van der Waals surface area (Å²) in [4.78, 5) is 2.43. The molecule has 2 atom stereocenters. The topological polar surface area (TPSA) is 108 Å². The van der Waals surface area contributed by atoms with E-state index < -0.39 is 15.7 Å². The van der Waals surface area contributed by atoms with Gasteiger partial charge in [0.2, 0.25) is 10.0 Å². The van der Waals surface area contributed by atoms with Gasteiger partial charge >= 0.3 is 0 Å². The Morgan fingerprint density at radius 2 is 1.82 bits per heavy atom. The number of hydrogen-bond acceptors (Lipinski definition) is 6. The molecular weight excluding hydrogens is 436 g/mol. The SMILES string of the molecule is Cc1ccc(S(=O)(=O)NC2CCC(C(C)(O)N3CCNC[C@@H]3c3ccccc3)CC2)cc1N. The normalized spacial score (nSPS) is 26.6. The third-order valence-electron chi connectivity index (χ3n) is 7.39. The molecule has 1 saturated carbocycles. The van der Waals surface area contributed by atoms with Crippen LogP contribution in [0.3, 0.4) is 0 Å². The van der Waals surface area contributed by atoms with Gasteiger partial charge in [-0.05, 0) is 62.8 Å². The maximum absolute atomic E-state index is 12.9. The van der Waals surface area contributed by atoms with E-state index in [2.05, 4.69) is 27.1 Å². The zero-order chi connectivity index (χ0) is 23.6. The van der Waals surface area contributed by atoms with Crippen molar-refractivity contribution in [3.05, 3.63) is 59.7 Å². The van der Waals surface area contributed by atoms with Crippen molar-refractivity contribution in [2.75, 3.05) is 25.4 Å². The van der Waals surface area contributed by atoms with Gasteiger partial charge in [0.05, 0.1) is 4.90 Å². The summed E-state index contributed by atoms with van der Waals surface area (Å²) in [7, 11) is -3.63. The van der Waals surface area contributed by atoms with Gasteiger partial charge in [0.25, 0.3) is 0 Å². The van der Waals surface area contributed by atoms with Gasteiger partial charge in [0.1, 0.15) is 5.72 Å². The van der Waals surface area contributed by atoms with Crippen LogP contribution < -0.4 is 15.8 Å². The number of aryl methyl sites for hydroxylation is 1. The van der Waals surface area contributed by atoms with Crippen molar-refractivity contribution in [1.29, 1.82) is 0 Å². The number of nitrogens with zero attached hydrogens (tertiary/aromatic N) is 1. The van der Waals surface area contributed by atoms with Crippen LogP contribution in [0.5, 0.6) is 0 Å². The highest BCUT2D eigenvalue weighted by Crippen LogP contribution is 2.39. The molecule has 1 heterocycles. The number of hydrogen-bond donors (Lipinski definition) is 4. The van der Waals surface area contributed by atoms with Crippen molar-refractivity contribution in [1.82, 2.24) is 14.9 Å². The molecule has 1 saturated heterocycles. The molecular formula is C25H36N4O3S. The molecule has 2 aromatic rings. The summed E-state index contributed by atoms with van der Waals surface area (Å²) in [6.45, 7) is 6.20. The third kappa shape index (κ3) is 5.25. The molecule has 1 aliphatic carbocycles. The highest BCUT2D eigenvalue weighted by Gasteiger charge is 2.44. The van der Waals surface area contributed by atoms with Crippen LogP contribution in [0, 0.1) is 12.8 Å². The number of rotatable bonds is 6. The van der Waals surface area contributed by atoms with E-state index in [9.17, 15) is 13.5 Å². The largest absolute Gasteiger partial charge is 0.398 e. The summed E-state index contributed by atoms with van der Waals surface area (Å²) >= 11 is 0. The fourth-order valence-electron chi connectivity index (χ4n) is 5.28. The first kappa shape index (κ1) is 24.2. The van der Waals surface area contributed by atoms with Crippen LogP contribution >= 0.6 is 0 Å². The van der Waals surface area contributed by atoms with E-state index in [1.807, 2.05) is 32.0 Å². The van der Waals surface area contributed by atoms with Gasteiger partial charge in [-0.2, -0.15) is 0 Å². The second-order valence-corrected chi connectivity index (χ2v) is 11.3. The average molecular weight is 473 g/mol. The molecule has 0 spiro atoms. The monoisotopic (exact) mass is 472 g/mol. The van der Waals surface area contributed by atoms with Crippen molar-refractivity contribution in [3.8, 4) is 0 Å². The predicted molar refractivity (Wildman–Crippen MR) is 131 cm³/mol. The van der Waals surface area contributed by atoms with Crippen LogP contribution in [-0.4, -0.2) is 49.8 Å². The van der Waals surface area contributed by atoms with Gasteiger partial charge < -0.3 is 16.2 Å². The minimum Gasteiger partial charge on any atom is -0.398 e. The molecule has 0 bridgehead atoms. The highest BCUT2D eigenvalue weighted by atomic mass is 32.2. The standard InChI is InChI=1S/C25H36N4O3S/c1-18-8-13-22(16-23(18)26)33(31,32)28-21-11-9-20(10-12-21)25(2,30)29-15-14-27-17-24(29)19-6-4-3-5-7-19/h3-8,13,16,20-21,24,27-28,30H,9-12,14-15,17,26H2,1-2H3/t20?,21?,24-,25?/m1/s1. The van der Waals surface area contributed by atoms with Crippen molar-refractivity contribution in [2.24, 2.45) is 5.92 Å². The first-order valence-corrected chi connectivity index (χ1v) is 13.3. The smallest absolute Gasteiger partial charge is 0.240 e. The van der Waals surface area contributed by atoms with E-state index in [-0.39, 0.29) is 22.9 Å². The lowest BCUT2D eigenvalue weighted by Gasteiger charge is -2.50. The Morgan fingerprint density at radius 3 is 2.48 bits per heavy atom.